The smallest absolute Gasteiger partial charge is 0.320 e. The van der Waals surface area contributed by atoms with Gasteiger partial charge in [-0.2, -0.15) is 0 Å². The van der Waals surface area contributed by atoms with Crippen molar-refractivity contribution in [2.45, 2.75) is 45.4 Å². The van der Waals surface area contributed by atoms with Gasteiger partial charge in [-0.3, -0.25) is 9.69 Å². The van der Waals surface area contributed by atoms with E-state index in [0.29, 0.717) is 19.0 Å². The lowest BCUT2D eigenvalue weighted by Gasteiger charge is -2.32. The van der Waals surface area contributed by atoms with E-state index in [2.05, 4.69) is 4.98 Å². The van der Waals surface area contributed by atoms with Crippen LogP contribution in [0.25, 0.3) is 10.8 Å². The van der Waals surface area contributed by atoms with Gasteiger partial charge in [-0.25, -0.2) is 4.98 Å². The van der Waals surface area contributed by atoms with E-state index in [1.54, 1.807) is 11.3 Å². The van der Waals surface area contributed by atoms with Crippen molar-refractivity contribution in [3.63, 3.8) is 0 Å². The minimum Gasteiger partial charge on any atom is -0.487 e. The summed E-state index contributed by atoms with van der Waals surface area (Å²) in [6, 6.07) is 11.4. The van der Waals surface area contributed by atoms with Crippen LogP contribution in [0, 0.1) is 6.92 Å². The standard InChI is InChI=1S/C22H24N2O4S/c1-15-18(23-21(28-15)20-6-4-12-29-20)14-27-17-9-7-16(8-10-17)13-24-11-3-2-5-19(24)22(25)26/h4,6-10,12,19H,2-3,5,11,13-14H2,1H3,(H,25,26)/t19-/m1/s1. The van der Waals surface area contributed by atoms with E-state index >= 15 is 0 Å². The maximum Gasteiger partial charge on any atom is 0.320 e. The van der Waals surface area contributed by atoms with Gasteiger partial charge in [0.05, 0.1) is 4.88 Å². The predicted octanol–water partition coefficient (Wildman–Crippen LogP) is 4.73. The molecule has 1 aliphatic rings. The number of aromatic nitrogens is 1. The molecule has 4 rings (SSSR count). The van der Waals surface area contributed by atoms with Crippen molar-refractivity contribution in [1.82, 2.24) is 9.88 Å². The molecule has 1 aromatic carbocycles. The van der Waals surface area contributed by atoms with Crippen molar-refractivity contribution in [3.05, 3.63) is 58.8 Å². The molecule has 0 amide bonds. The van der Waals surface area contributed by atoms with Gasteiger partial charge >= 0.3 is 5.97 Å². The van der Waals surface area contributed by atoms with E-state index in [9.17, 15) is 9.90 Å². The molecule has 1 fully saturated rings. The summed E-state index contributed by atoms with van der Waals surface area (Å²) in [5.74, 6) is 1.41. The number of likely N-dealkylation sites (tertiary alicyclic amines) is 1. The highest BCUT2D eigenvalue weighted by atomic mass is 32.1. The largest absolute Gasteiger partial charge is 0.487 e. The van der Waals surface area contributed by atoms with Crippen molar-refractivity contribution >= 4 is 17.3 Å². The zero-order valence-corrected chi connectivity index (χ0v) is 17.2. The van der Waals surface area contributed by atoms with Gasteiger partial charge in [0.2, 0.25) is 5.89 Å². The van der Waals surface area contributed by atoms with Crippen molar-refractivity contribution in [2.75, 3.05) is 6.54 Å². The second-order valence-corrected chi connectivity index (χ2v) is 8.20. The number of hydrogen-bond donors (Lipinski definition) is 1. The topological polar surface area (TPSA) is 75.8 Å². The van der Waals surface area contributed by atoms with E-state index in [1.807, 2.05) is 53.6 Å². The number of thiophene rings is 1. The summed E-state index contributed by atoms with van der Waals surface area (Å²) in [6.45, 7) is 3.70. The van der Waals surface area contributed by atoms with Crippen LogP contribution in [0.15, 0.2) is 46.2 Å². The molecule has 2 aromatic heterocycles. The van der Waals surface area contributed by atoms with Crippen LogP contribution in [0.5, 0.6) is 5.75 Å². The van der Waals surface area contributed by atoms with Crippen LogP contribution < -0.4 is 4.74 Å². The molecule has 3 aromatic rings. The molecule has 7 heteroatoms. The van der Waals surface area contributed by atoms with E-state index in [0.717, 1.165) is 53.5 Å². The molecule has 1 aliphatic heterocycles. The number of aryl methyl sites for hydroxylation is 1. The summed E-state index contributed by atoms with van der Waals surface area (Å²) in [5, 5.41) is 11.4. The van der Waals surface area contributed by atoms with Crippen LogP contribution in [0.2, 0.25) is 0 Å². The van der Waals surface area contributed by atoms with E-state index in [-0.39, 0.29) is 6.04 Å². The van der Waals surface area contributed by atoms with Crippen LogP contribution >= 0.6 is 11.3 Å². The molecule has 3 heterocycles. The monoisotopic (exact) mass is 412 g/mol. The Hall–Kier alpha value is -2.64. The molecular formula is C22H24N2O4S. The highest BCUT2D eigenvalue weighted by molar-refractivity contribution is 7.13. The first-order valence-electron chi connectivity index (χ1n) is 9.79. The Morgan fingerprint density at radius 3 is 2.86 bits per heavy atom. The Bertz CT molecular complexity index is 950. The summed E-state index contributed by atoms with van der Waals surface area (Å²) >= 11 is 1.59. The number of ether oxygens (including phenoxy) is 1. The number of carboxylic acid groups (broad SMARTS) is 1. The van der Waals surface area contributed by atoms with Crippen molar-refractivity contribution in [1.29, 1.82) is 0 Å². The van der Waals surface area contributed by atoms with E-state index in [4.69, 9.17) is 9.15 Å². The average Bonchev–Trinajstić information content (AvgIpc) is 3.38. The second kappa shape index (κ2) is 8.80. The van der Waals surface area contributed by atoms with Gasteiger partial charge < -0.3 is 14.3 Å². The van der Waals surface area contributed by atoms with Crippen LogP contribution in [0.1, 0.15) is 36.3 Å². The zero-order valence-electron chi connectivity index (χ0n) is 16.3. The molecule has 1 atom stereocenters. The maximum absolute atomic E-state index is 11.5. The highest BCUT2D eigenvalue weighted by Crippen LogP contribution is 2.27. The average molecular weight is 413 g/mol. The lowest BCUT2D eigenvalue weighted by Crippen LogP contribution is -2.43. The highest BCUT2D eigenvalue weighted by Gasteiger charge is 2.28. The van der Waals surface area contributed by atoms with Crippen molar-refractivity contribution in [2.24, 2.45) is 0 Å². The Kier molecular flexibility index (Phi) is 5.97. The number of aliphatic carboxylic acids is 1. The zero-order chi connectivity index (χ0) is 20.2. The summed E-state index contributed by atoms with van der Waals surface area (Å²) < 4.78 is 11.6. The van der Waals surface area contributed by atoms with Gasteiger partial charge in [-0.05, 0) is 55.5 Å². The normalized spacial score (nSPS) is 17.3. The summed E-state index contributed by atoms with van der Waals surface area (Å²) in [4.78, 5) is 19.1. The lowest BCUT2D eigenvalue weighted by atomic mass is 10.0. The fourth-order valence-electron chi connectivity index (χ4n) is 3.60. The molecule has 0 bridgehead atoms. The molecule has 6 nitrogen and oxygen atoms in total. The molecule has 0 aliphatic carbocycles. The Morgan fingerprint density at radius 1 is 1.31 bits per heavy atom. The van der Waals surface area contributed by atoms with Gasteiger partial charge in [-0.15, -0.1) is 11.3 Å². The number of carbonyl (C=O) groups is 1. The summed E-state index contributed by atoms with van der Waals surface area (Å²) in [6.07, 6.45) is 2.76. The van der Waals surface area contributed by atoms with E-state index in [1.165, 1.54) is 0 Å². The number of rotatable bonds is 7. The minimum atomic E-state index is -0.727. The number of carboxylic acids is 1. The molecule has 1 saturated heterocycles. The molecule has 152 valence electrons. The van der Waals surface area contributed by atoms with Crippen LogP contribution in [-0.4, -0.2) is 33.5 Å². The maximum atomic E-state index is 11.5. The predicted molar refractivity (Wildman–Crippen MR) is 111 cm³/mol. The van der Waals surface area contributed by atoms with Gasteiger partial charge in [0.15, 0.2) is 0 Å². The molecule has 1 N–H and O–H groups in total. The third kappa shape index (κ3) is 4.68. The Labute approximate surface area is 173 Å². The lowest BCUT2D eigenvalue weighted by molar-refractivity contribution is -0.144. The Balaban J connectivity index is 1.36. The molecule has 0 saturated carbocycles. The minimum absolute atomic E-state index is 0.341. The molecule has 0 radical (unpaired) electrons. The fraction of sp³-hybridized carbons (Fsp3) is 0.364. The summed E-state index contributed by atoms with van der Waals surface area (Å²) in [5.41, 5.74) is 1.87. The van der Waals surface area contributed by atoms with E-state index < -0.39 is 5.97 Å². The number of piperidine rings is 1. The first kappa shape index (κ1) is 19.7. The first-order chi connectivity index (χ1) is 14.1. The fourth-order valence-corrected chi connectivity index (χ4v) is 4.25. The number of hydrogen-bond acceptors (Lipinski definition) is 6. The second-order valence-electron chi connectivity index (χ2n) is 7.25. The van der Waals surface area contributed by atoms with Crippen LogP contribution in [-0.2, 0) is 17.9 Å². The molecule has 0 unspecified atom stereocenters. The van der Waals surface area contributed by atoms with Gasteiger partial charge in [0.25, 0.3) is 0 Å². The first-order valence-corrected chi connectivity index (χ1v) is 10.7. The van der Waals surface area contributed by atoms with Crippen molar-refractivity contribution < 1.29 is 19.1 Å². The van der Waals surface area contributed by atoms with Crippen molar-refractivity contribution in [3.8, 4) is 16.5 Å². The third-order valence-electron chi connectivity index (χ3n) is 5.21. The van der Waals surface area contributed by atoms with Gasteiger partial charge in [0, 0.05) is 6.54 Å². The Morgan fingerprint density at radius 2 is 2.14 bits per heavy atom. The van der Waals surface area contributed by atoms with Gasteiger partial charge in [-0.1, -0.05) is 24.6 Å². The number of benzene rings is 1. The number of nitrogens with zero attached hydrogens (tertiary/aromatic N) is 2. The molecule has 29 heavy (non-hydrogen) atoms. The summed E-state index contributed by atoms with van der Waals surface area (Å²) in [7, 11) is 0. The van der Waals surface area contributed by atoms with Gasteiger partial charge in [0.1, 0.15) is 29.9 Å². The van der Waals surface area contributed by atoms with Crippen LogP contribution in [0.4, 0.5) is 0 Å². The SMILES string of the molecule is Cc1oc(-c2cccs2)nc1COc1ccc(CN2CCCC[C@@H]2C(=O)O)cc1. The van der Waals surface area contributed by atoms with Crippen LogP contribution in [0.3, 0.4) is 0 Å². The third-order valence-corrected chi connectivity index (χ3v) is 6.07. The number of oxazole rings is 1. The molecule has 0 spiro atoms. The molecular weight excluding hydrogens is 388 g/mol. The quantitative estimate of drug-likeness (QED) is 0.605.